The Bertz CT molecular complexity index is 934. The van der Waals surface area contributed by atoms with Crippen LogP contribution in [0.25, 0.3) is 33.6 Å². The van der Waals surface area contributed by atoms with Crippen LogP contribution >= 0.6 is 0 Å². The van der Waals surface area contributed by atoms with Gasteiger partial charge in [0, 0.05) is 5.56 Å². The van der Waals surface area contributed by atoms with Gasteiger partial charge in [-0.25, -0.2) is 14.3 Å². The summed E-state index contributed by atoms with van der Waals surface area (Å²) in [6, 6.07) is 6.06. The van der Waals surface area contributed by atoms with E-state index in [1.54, 1.807) is 0 Å². The fraction of sp³-hybridized carbons (Fsp3) is 0.333. The van der Waals surface area contributed by atoms with Gasteiger partial charge in [-0.3, -0.25) is 0 Å². The summed E-state index contributed by atoms with van der Waals surface area (Å²) in [5.74, 6) is 0.756. The van der Waals surface area contributed by atoms with Crippen molar-refractivity contribution in [2.75, 3.05) is 0 Å². The van der Waals surface area contributed by atoms with Crippen molar-refractivity contribution in [3.8, 4) is 11.4 Å². The van der Waals surface area contributed by atoms with Crippen molar-refractivity contribution in [3.63, 3.8) is 0 Å². The lowest BCUT2D eigenvalue weighted by molar-refractivity contribution is 0.315. The molecule has 0 saturated heterocycles. The number of nitrogens with zero attached hydrogens (tertiary/aromatic N) is 5. The number of aromatic nitrogens is 6. The summed E-state index contributed by atoms with van der Waals surface area (Å²) in [4.78, 5) is 8.02. The number of H-pyrrole nitrogens is 1. The number of hydrogen-bond donors (Lipinski definition) is 1. The Morgan fingerprint density at radius 1 is 1.32 bits per heavy atom. The molecule has 0 aliphatic carbocycles. The van der Waals surface area contributed by atoms with E-state index in [-0.39, 0.29) is 0 Å². The molecule has 0 spiro atoms. The van der Waals surface area contributed by atoms with Crippen molar-refractivity contribution in [1.82, 2.24) is 30.1 Å². The minimum atomic E-state index is 0.322. The third-order valence-corrected chi connectivity index (χ3v) is 3.91. The van der Waals surface area contributed by atoms with Crippen LogP contribution in [-0.2, 0) is 0 Å². The number of nitrogens with one attached hydrogen (secondary N) is 1. The average Bonchev–Trinajstić information content (AvgIpc) is 3.21. The molecule has 1 atom stereocenters. The Hall–Kier alpha value is -2.70. The average molecular weight is 296 g/mol. The van der Waals surface area contributed by atoms with Gasteiger partial charge in [0.2, 0.25) is 0 Å². The highest BCUT2D eigenvalue weighted by Crippen LogP contribution is 2.27. The number of benzene rings is 1. The first-order valence-corrected chi connectivity index (χ1v) is 7.42. The molecule has 0 unspecified atom stereocenters. The lowest BCUT2D eigenvalue weighted by atomic mass is 10.2. The van der Waals surface area contributed by atoms with Crippen LogP contribution in [0.3, 0.4) is 0 Å². The zero-order chi connectivity index (χ0) is 15.1. The van der Waals surface area contributed by atoms with E-state index in [1.165, 1.54) is 0 Å². The SMILES string of the molecule is CCC[C@H](C)n1ncc2[nH]c(-c3cccc4nonc34)nc21. The van der Waals surface area contributed by atoms with E-state index < -0.39 is 0 Å². The van der Waals surface area contributed by atoms with Crippen molar-refractivity contribution in [1.29, 1.82) is 0 Å². The highest BCUT2D eigenvalue weighted by Gasteiger charge is 2.16. The minimum absolute atomic E-state index is 0.322. The maximum Gasteiger partial charge on any atom is 0.177 e. The fourth-order valence-corrected chi connectivity index (χ4v) is 2.80. The Kier molecular flexibility index (Phi) is 2.92. The molecule has 22 heavy (non-hydrogen) atoms. The van der Waals surface area contributed by atoms with Crippen LogP contribution < -0.4 is 0 Å². The summed E-state index contributed by atoms with van der Waals surface area (Å²) >= 11 is 0. The molecule has 0 bridgehead atoms. The summed E-state index contributed by atoms with van der Waals surface area (Å²) in [6.45, 7) is 4.33. The normalized spacial score (nSPS) is 13.2. The van der Waals surface area contributed by atoms with E-state index in [1.807, 2.05) is 29.1 Å². The van der Waals surface area contributed by atoms with E-state index in [9.17, 15) is 0 Å². The Morgan fingerprint density at radius 2 is 2.23 bits per heavy atom. The molecule has 7 heteroatoms. The highest BCUT2D eigenvalue weighted by atomic mass is 16.6. The quantitative estimate of drug-likeness (QED) is 0.624. The Balaban J connectivity index is 1.85. The third kappa shape index (κ3) is 1.89. The van der Waals surface area contributed by atoms with Crippen LogP contribution in [0.4, 0.5) is 0 Å². The van der Waals surface area contributed by atoms with Gasteiger partial charge in [-0.1, -0.05) is 19.4 Å². The van der Waals surface area contributed by atoms with Crippen molar-refractivity contribution in [3.05, 3.63) is 24.4 Å². The van der Waals surface area contributed by atoms with Gasteiger partial charge in [-0.2, -0.15) is 5.10 Å². The van der Waals surface area contributed by atoms with Crippen LogP contribution in [-0.4, -0.2) is 30.1 Å². The first kappa shape index (κ1) is 13.0. The molecular weight excluding hydrogens is 280 g/mol. The van der Waals surface area contributed by atoms with Gasteiger partial charge in [0.1, 0.15) is 22.4 Å². The second-order valence-corrected chi connectivity index (χ2v) is 5.49. The molecule has 0 saturated carbocycles. The van der Waals surface area contributed by atoms with Gasteiger partial charge < -0.3 is 4.98 Å². The third-order valence-electron chi connectivity index (χ3n) is 3.91. The number of fused-ring (bicyclic) bond motifs is 2. The van der Waals surface area contributed by atoms with E-state index in [0.29, 0.717) is 11.6 Å². The lowest BCUT2D eigenvalue weighted by Crippen LogP contribution is -2.06. The number of rotatable bonds is 4. The van der Waals surface area contributed by atoms with Crippen LogP contribution in [0.2, 0.25) is 0 Å². The molecule has 7 nitrogen and oxygen atoms in total. The monoisotopic (exact) mass is 296 g/mol. The van der Waals surface area contributed by atoms with Gasteiger partial charge in [0.25, 0.3) is 0 Å². The molecule has 112 valence electrons. The standard InChI is InChI=1S/C15H16N6O/c1-3-5-9(2)21-15-12(8-16-21)17-14(18-15)10-6-4-7-11-13(10)20-22-19-11/h4,6-9H,3,5H2,1-2H3,(H,17,18)/t9-/m0/s1. The predicted molar refractivity (Wildman–Crippen MR) is 82.3 cm³/mol. The second kappa shape index (κ2) is 4.94. The molecule has 1 aromatic carbocycles. The van der Waals surface area contributed by atoms with Gasteiger partial charge >= 0.3 is 0 Å². The molecule has 1 N–H and O–H groups in total. The fourth-order valence-electron chi connectivity index (χ4n) is 2.80. The number of hydrogen-bond acceptors (Lipinski definition) is 5. The van der Waals surface area contributed by atoms with E-state index in [0.717, 1.165) is 40.9 Å². The van der Waals surface area contributed by atoms with Crippen LogP contribution in [0.1, 0.15) is 32.7 Å². The maximum absolute atomic E-state index is 4.82. The zero-order valence-corrected chi connectivity index (χ0v) is 12.4. The van der Waals surface area contributed by atoms with Gasteiger partial charge in [-0.05, 0) is 35.8 Å². The Morgan fingerprint density at radius 3 is 3.09 bits per heavy atom. The van der Waals surface area contributed by atoms with Crippen molar-refractivity contribution in [2.24, 2.45) is 0 Å². The molecule has 0 fully saturated rings. The molecule has 3 heterocycles. The molecular formula is C15H16N6O. The summed E-state index contributed by atoms with van der Waals surface area (Å²) in [5, 5.41) is 12.3. The molecule has 4 aromatic rings. The summed E-state index contributed by atoms with van der Waals surface area (Å²) in [6.07, 6.45) is 4.00. The molecule has 0 radical (unpaired) electrons. The van der Waals surface area contributed by atoms with E-state index in [4.69, 9.17) is 9.61 Å². The summed E-state index contributed by atoms with van der Waals surface area (Å²) in [5.41, 5.74) is 4.10. The molecule has 0 aliphatic heterocycles. The van der Waals surface area contributed by atoms with Crippen molar-refractivity contribution >= 4 is 22.2 Å². The number of aromatic amines is 1. The van der Waals surface area contributed by atoms with Crippen LogP contribution in [0, 0.1) is 0 Å². The van der Waals surface area contributed by atoms with E-state index in [2.05, 4.69) is 34.2 Å². The molecule has 3 aromatic heterocycles. The smallest absolute Gasteiger partial charge is 0.177 e. The molecule has 0 amide bonds. The molecule has 0 aliphatic rings. The van der Waals surface area contributed by atoms with Crippen molar-refractivity contribution < 1.29 is 4.63 Å². The van der Waals surface area contributed by atoms with Crippen LogP contribution in [0.15, 0.2) is 29.0 Å². The van der Waals surface area contributed by atoms with Gasteiger partial charge in [0.15, 0.2) is 5.65 Å². The first-order valence-electron chi connectivity index (χ1n) is 7.42. The predicted octanol–water partition coefficient (Wildman–Crippen LogP) is 3.32. The van der Waals surface area contributed by atoms with E-state index >= 15 is 0 Å². The largest absolute Gasteiger partial charge is 0.335 e. The van der Waals surface area contributed by atoms with Gasteiger partial charge in [0.05, 0.1) is 12.2 Å². The second-order valence-electron chi connectivity index (χ2n) is 5.49. The first-order chi connectivity index (χ1) is 10.8. The van der Waals surface area contributed by atoms with Crippen molar-refractivity contribution in [2.45, 2.75) is 32.7 Å². The maximum atomic E-state index is 4.82. The lowest BCUT2D eigenvalue weighted by Gasteiger charge is -2.10. The molecule has 4 rings (SSSR count). The summed E-state index contributed by atoms with van der Waals surface area (Å²) in [7, 11) is 0. The Labute approximate surface area is 126 Å². The zero-order valence-electron chi connectivity index (χ0n) is 12.4. The topological polar surface area (TPSA) is 85.4 Å². The number of imidazole rings is 1. The van der Waals surface area contributed by atoms with Crippen LogP contribution in [0.5, 0.6) is 0 Å². The highest BCUT2D eigenvalue weighted by molar-refractivity contribution is 5.90. The summed E-state index contributed by atoms with van der Waals surface area (Å²) < 4.78 is 6.79. The van der Waals surface area contributed by atoms with Gasteiger partial charge in [-0.15, -0.1) is 0 Å². The minimum Gasteiger partial charge on any atom is -0.335 e.